The van der Waals surface area contributed by atoms with E-state index < -0.39 is 16.3 Å². The third-order valence-corrected chi connectivity index (χ3v) is 6.34. The predicted molar refractivity (Wildman–Crippen MR) is 82.2 cm³/mol. The first-order valence-electron chi connectivity index (χ1n) is 7.40. The summed E-state index contributed by atoms with van der Waals surface area (Å²) in [6.07, 6.45) is 0.856. The Labute approximate surface area is 129 Å². The topological polar surface area (TPSA) is 46.6 Å². The maximum atomic E-state index is 12.4. The number of ether oxygens (including phenoxy) is 1. The van der Waals surface area contributed by atoms with Crippen LogP contribution in [0.5, 0.6) is 5.75 Å². The van der Waals surface area contributed by atoms with Crippen molar-refractivity contribution in [3.63, 3.8) is 0 Å². The second-order valence-electron chi connectivity index (χ2n) is 6.26. The molecule has 4 atom stereocenters. The molecule has 3 unspecified atom stereocenters. The van der Waals surface area contributed by atoms with Gasteiger partial charge in [-0.25, -0.2) is 8.42 Å². The minimum atomic E-state index is -3.34. The van der Waals surface area contributed by atoms with Crippen molar-refractivity contribution in [1.82, 2.24) is 4.31 Å². The fraction of sp³-hybridized carbons (Fsp3) is 0.294. The number of rotatable bonds is 1. The lowest BCUT2D eigenvalue weighted by atomic mass is 9.85. The maximum Gasteiger partial charge on any atom is 0.214 e. The average Bonchev–Trinajstić information content (AvgIpc) is 2.95. The number of fused-ring (bicyclic) bond motifs is 3. The number of hydrogen-bond donors (Lipinski definition) is 0. The van der Waals surface area contributed by atoms with E-state index in [4.69, 9.17) is 4.74 Å². The Morgan fingerprint density at radius 1 is 0.909 bits per heavy atom. The molecule has 5 heteroatoms. The number of para-hydroxylation sites is 1. The van der Waals surface area contributed by atoms with Gasteiger partial charge >= 0.3 is 0 Å². The van der Waals surface area contributed by atoms with Crippen LogP contribution >= 0.6 is 0 Å². The first-order chi connectivity index (χ1) is 10.6. The van der Waals surface area contributed by atoms with Gasteiger partial charge in [-0.1, -0.05) is 42.5 Å². The Hall–Kier alpha value is -1.85. The van der Waals surface area contributed by atoms with E-state index in [0.29, 0.717) is 0 Å². The van der Waals surface area contributed by atoms with Crippen molar-refractivity contribution in [2.45, 2.75) is 24.1 Å². The Morgan fingerprint density at radius 3 is 2.27 bits per heavy atom. The van der Waals surface area contributed by atoms with Crippen molar-refractivity contribution < 1.29 is 13.2 Å². The van der Waals surface area contributed by atoms with E-state index in [0.717, 1.165) is 16.9 Å². The molecule has 0 radical (unpaired) electrons. The Balaban J connectivity index is 1.81. The van der Waals surface area contributed by atoms with Gasteiger partial charge in [-0.3, -0.25) is 0 Å². The summed E-state index contributed by atoms with van der Waals surface area (Å²) >= 11 is 0. The molecule has 112 valence electrons. The lowest BCUT2D eigenvalue weighted by Gasteiger charge is -2.35. The van der Waals surface area contributed by atoms with Gasteiger partial charge in [0.05, 0.1) is 12.3 Å². The molecule has 2 aromatic carbocycles. The zero-order chi connectivity index (χ0) is 15.1. The molecule has 0 aromatic heterocycles. The van der Waals surface area contributed by atoms with Crippen LogP contribution in [0, 0.1) is 0 Å². The summed E-state index contributed by atoms with van der Waals surface area (Å²) in [4.78, 5) is 0. The number of hydrogen-bond acceptors (Lipinski definition) is 3. The van der Waals surface area contributed by atoms with E-state index in [9.17, 15) is 8.42 Å². The number of benzene rings is 2. The highest BCUT2D eigenvalue weighted by Gasteiger charge is 2.63. The summed E-state index contributed by atoms with van der Waals surface area (Å²) in [7, 11) is -3.34. The molecule has 1 aliphatic carbocycles. The third kappa shape index (κ3) is 1.38. The van der Waals surface area contributed by atoms with Gasteiger partial charge in [-0.2, -0.15) is 4.31 Å². The molecule has 5 rings (SSSR count). The van der Waals surface area contributed by atoms with Gasteiger partial charge in [0.2, 0.25) is 10.0 Å². The lowest BCUT2D eigenvalue weighted by molar-refractivity contribution is 0.0807. The van der Waals surface area contributed by atoms with Gasteiger partial charge < -0.3 is 4.74 Å². The van der Waals surface area contributed by atoms with Gasteiger partial charge in [-0.15, -0.1) is 0 Å². The van der Waals surface area contributed by atoms with Crippen LogP contribution in [0.2, 0.25) is 0 Å². The van der Waals surface area contributed by atoms with E-state index in [1.165, 1.54) is 11.8 Å². The predicted octanol–water partition coefficient (Wildman–Crippen LogP) is 2.60. The molecular weight excluding hydrogens is 298 g/mol. The van der Waals surface area contributed by atoms with Crippen LogP contribution in [-0.2, 0) is 10.0 Å². The van der Waals surface area contributed by atoms with E-state index >= 15 is 0 Å². The summed E-state index contributed by atoms with van der Waals surface area (Å²) in [6.45, 7) is 0. The molecule has 22 heavy (non-hydrogen) atoms. The minimum absolute atomic E-state index is 0.0887. The van der Waals surface area contributed by atoms with E-state index in [-0.39, 0.29) is 17.9 Å². The van der Waals surface area contributed by atoms with Gasteiger partial charge in [0, 0.05) is 17.4 Å². The van der Waals surface area contributed by atoms with Crippen LogP contribution in [0.1, 0.15) is 34.6 Å². The minimum Gasteiger partial charge on any atom is -0.473 e. The first-order valence-corrected chi connectivity index (χ1v) is 9.25. The first kappa shape index (κ1) is 12.7. The molecule has 1 saturated heterocycles. The molecule has 2 aromatic rings. The van der Waals surface area contributed by atoms with Crippen LogP contribution < -0.4 is 4.74 Å². The van der Waals surface area contributed by atoms with Crippen molar-refractivity contribution in [1.29, 1.82) is 0 Å². The van der Waals surface area contributed by atoms with Crippen LogP contribution in [0.15, 0.2) is 48.5 Å². The largest absolute Gasteiger partial charge is 0.473 e. The Kier molecular flexibility index (Phi) is 2.25. The zero-order valence-electron chi connectivity index (χ0n) is 12.0. The number of sulfonamides is 1. The second-order valence-corrected chi connectivity index (χ2v) is 8.15. The summed E-state index contributed by atoms with van der Waals surface area (Å²) in [6, 6.07) is 15.9. The number of nitrogens with zero attached hydrogens (tertiary/aromatic N) is 1. The molecule has 2 heterocycles. The van der Waals surface area contributed by atoms with E-state index in [1.807, 2.05) is 30.3 Å². The highest BCUT2D eigenvalue weighted by Crippen LogP contribution is 2.66. The van der Waals surface area contributed by atoms with Crippen molar-refractivity contribution in [2.75, 3.05) is 6.26 Å². The quantitative estimate of drug-likeness (QED) is 0.813. The molecule has 0 N–H and O–H groups in total. The van der Waals surface area contributed by atoms with Crippen LogP contribution in [-0.4, -0.2) is 25.2 Å². The fourth-order valence-corrected chi connectivity index (χ4v) is 5.70. The highest BCUT2D eigenvalue weighted by atomic mass is 32.2. The van der Waals surface area contributed by atoms with E-state index in [1.54, 1.807) is 4.31 Å². The van der Waals surface area contributed by atoms with Gasteiger partial charge in [0.15, 0.2) is 6.23 Å². The van der Waals surface area contributed by atoms with Crippen LogP contribution in [0.3, 0.4) is 0 Å². The molecule has 4 nitrogen and oxygen atoms in total. The monoisotopic (exact) mass is 313 g/mol. The fourth-order valence-electron chi connectivity index (χ4n) is 4.49. The maximum absolute atomic E-state index is 12.4. The second kappa shape index (κ2) is 3.91. The van der Waals surface area contributed by atoms with Crippen molar-refractivity contribution in [3.05, 3.63) is 65.2 Å². The van der Waals surface area contributed by atoms with Gasteiger partial charge in [0.1, 0.15) is 5.75 Å². The molecule has 1 fully saturated rings. The summed E-state index contributed by atoms with van der Waals surface area (Å²) < 4.78 is 32.4. The Morgan fingerprint density at radius 2 is 1.55 bits per heavy atom. The average molecular weight is 313 g/mol. The zero-order valence-corrected chi connectivity index (χ0v) is 12.8. The van der Waals surface area contributed by atoms with Crippen LogP contribution in [0.25, 0.3) is 0 Å². The lowest BCUT2D eigenvalue weighted by Crippen LogP contribution is -2.44. The van der Waals surface area contributed by atoms with Gasteiger partial charge in [0.25, 0.3) is 0 Å². The van der Waals surface area contributed by atoms with Crippen molar-refractivity contribution >= 4 is 10.0 Å². The summed E-state index contributed by atoms with van der Waals surface area (Å²) in [5.74, 6) is 1.06. The molecule has 3 aliphatic rings. The summed E-state index contributed by atoms with van der Waals surface area (Å²) in [5.41, 5.74) is 3.48. The molecule has 0 saturated carbocycles. The van der Waals surface area contributed by atoms with Crippen molar-refractivity contribution in [2.24, 2.45) is 0 Å². The van der Waals surface area contributed by atoms with Gasteiger partial charge in [-0.05, 0) is 17.2 Å². The SMILES string of the molecule is CS(=O)(=O)N1C2c3ccccc3[C@@H]3C2c2ccccc2OC31. The normalized spacial score (nSPS) is 31.5. The van der Waals surface area contributed by atoms with Crippen LogP contribution in [0.4, 0.5) is 0 Å². The molecule has 0 amide bonds. The summed E-state index contributed by atoms with van der Waals surface area (Å²) in [5, 5.41) is 0. The molecule has 2 aliphatic heterocycles. The smallest absolute Gasteiger partial charge is 0.214 e. The molecule has 0 spiro atoms. The third-order valence-electron chi connectivity index (χ3n) is 5.14. The standard InChI is InChI=1S/C17H15NO3S/c1-22(19,20)18-16-11-7-3-2-6-10(11)15-14(16)12-8-4-5-9-13(12)21-17(15)18/h2-9,14-17H,1H3/t14?,15-,16?,17?/m1/s1. The molecule has 4 bridgehead atoms. The van der Waals surface area contributed by atoms with Crippen molar-refractivity contribution in [3.8, 4) is 5.75 Å². The highest BCUT2D eigenvalue weighted by molar-refractivity contribution is 7.88. The molecular formula is C17H15NO3S. The Bertz CT molecular complexity index is 892. The van der Waals surface area contributed by atoms with E-state index in [2.05, 4.69) is 18.2 Å².